The van der Waals surface area contributed by atoms with E-state index < -0.39 is 4.92 Å². The maximum atomic E-state index is 12.8. The second-order valence-electron chi connectivity index (χ2n) is 5.71. The normalized spacial score (nSPS) is 11.0. The van der Waals surface area contributed by atoms with Crippen LogP contribution in [0.25, 0.3) is 16.7 Å². The molecule has 0 aliphatic carbocycles. The van der Waals surface area contributed by atoms with E-state index in [1.165, 1.54) is 27.8 Å². The fraction of sp³-hybridized carbons (Fsp3) is 0.0588. The van der Waals surface area contributed by atoms with Gasteiger partial charge in [-0.15, -0.1) is 0 Å². The molecule has 0 unspecified atom stereocenters. The smallest absolute Gasteiger partial charge is 0.294 e. The molecule has 1 aromatic carbocycles. The van der Waals surface area contributed by atoms with E-state index in [1.54, 1.807) is 36.5 Å². The van der Waals surface area contributed by atoms with Gasteiger partial charge in [-0.25, -0.2) is 14.6 Å². The van der Waals surface area contributed by atoms with Crippen molar-refractivity contribution >= 4 is 28.3 Å². The van der Waals surface area contributed by atoms with Crippen molar-refractivity contribution in [1.82, 2.24) is 24.3 Å². The van der Waals surface area contributed by atoms with Crippen molar-refractivity contribution in [2.24, 2.45) is 0 Å². The summed E-state index contributed by atoms with van der Waals surface area (Å²) in [5, 5.41) is 16.0. The maximum absolute atomic E-state index is 12.8. The number of fused-ring (bicyclic) bond motifs is 1. The third-order valence-corrected chi connectivity index (χ3v) is 4.23. The Morgan fingerprint density at radius 3 is 2.67 bits per heavy atom. The van der Waals surface area contributed by atoms with Crippen LogP contribution in [0.15, 0.2) is 59.9 Å². The lowest BCUT2D eigenvalue weighted by Crippen LogP contribution is -2.21. The van der Waals surface area contributed by atoms with Crippen molar-refractivity contribution in [2.75, 3.05) is 0 Å². The molecular formula is C17H11ClN6O3. The van der Waals surface area contributed by atoms with Gasteiger partial charge in [0, 0.05) is 12.3 Å². The van der Waals surface area contributed by atoms with Crippen LogP contribution in [0, 0.1) is 10.1 Å². The fourth-order valence-corrected chi connectivity index (χ4v) is 2.84. The van der Waals surface area contributed by atoms with Gasteiger partial charge in [0.05, 0.1) is 17.7 Å². The molecule has 0 saturated carbocycles. The second-order valence-corrected chi connectivity index (χ2v) is 6.09. The molecule has 0 amide bonds. The number of benzene rings is 1. The molecule has 9 nitrogen and oxygen atoms in total. The SMILES string of the molecule is O=c1c2cnn(-c3ccccc3[N+](=O)[O-])c2ncn1Cc1ccc(Cl)nc1. The summed E-state index contributed by atoms with van der Waals surface area (Å²) in [6.45, 7) is 0.266. The van der Waals surface area contributed by atoms with Crippen LogP contribution in [0.1, 0.15) is 5.56 Å². The van der Waals surface area contributed by atoms with Gasteiger partial charge in [0.2, 0.25) is 0 Å². The zero-order valence-corrected chi connectivity index (χ0v) is 14.4. The minimum Gasteiger partial charge on any atom is -0.294 e. The van der Waals surface area contributed by atoms with E-state index >= 15 is 0 Å². The lowest BCUT2D eigenvalue weighted by atomic mass is 10.2. The third kappa shape index (κ3) is 3.04. The summed E-state index contributed by atoms with van der Waals surface area (Å²) in [6, 6.07) is 9.55. The molecule has 3 aromatic heterocycles. The highest BCUT2D eigenvalue weighted by Gasteiger charge is 2.19. The van der Waals surface area contributed by atoms with Crippen LogP contribution in [0.5, 0.6) is 0 Å². The first kappa shape index (κ1) is 16.9. The van der Waals surface area contributed by atoms with Gasteiger partial charge in [-0.3, -0.25) is 19.5 Å². The van der Waals surface area contributed by atoms with E-state index in [0.29, 0.717) is 5.15 Å². The van der Waals surface area contributed by atoms with Crippen molar-refractivity contribution in [3.05, 3.63) is 86.3 Å². The predicted molar refractivity (Wildman–Crippen MR) is 98.1 cm³/mol. The average Bonchev–Trinajstić information content (AvgIpc) is 3.10. The first-order valence-corrected chi connectivity index (χ1v) is 8.20. The number of rotatable bonds is 4. The van der Waals surface area contributed by atoms with Crippen LogP contribution < -0.4 is 5.56 Å². The van der Waals surface area contributed by atoms with Crippen molar-refractivity contribution in [3.63, 3.8) is 0 Å². The van der Waals surface area contributed by atoms with Crippen molar-refractivity contribution in [3.8, 4) is 5.69 Å². The Kier molecular flexibility index (Phi) is 4.13. The number of nitrogens with zero attached hydrogens (tertiary/aromatic N) is 6. The number of para-hydroxylation sites is 2. The van der Waals surface area contributed by atoms with E-state index in [1.807, 2.05) is 0 Å². The highest BCUT2D eigenvalue weighted by atomic mass is 35.5. The molecule has 0 atom stereocenters. The van der Waals surface area contributed by atoms with Gasteiger partial charge in [0.1, 0.15) is 22.6 Å². The Morgan fingerprint density at radius 1 is 1.11 bits per heavy atom. The van der Waals surface area contributed by atoms with Gasteiger partial charge in [-0.05, 0) is 17.7 Å². The van der Waals surface area contributed by atoms with Crippen molar-refractivity contribution < 1.29 is 4.92 Å². The summed E-state index contributed by atoms with van der Waals surface area (Å²) < 4.78 is 2.71. The molecule has 0 bridgehead atoms. The predicted octanol–water partition coefficient (Wildman–Crippen LogP) is 2.59. The molecule has 4 rings (SSSR count). The number of aromatic nitrogens is 5. The fourth-order valence-electron chi connectivity index (χ4n) is 2.73. The van der Waals surface area contributed by atoms with Gasteiger partial charge in [0.25, 0.3) is 11.2 Å². The quantitative estimate of drug-likeness (QED) is 0.305. The van der Waals surface area contributed by atoms with Gasteiger partial charge in [0.15, 0.2) is 5.65 Å². The number of pyridine rings is 1. The topological polar surface area (TPSA) is 109 Å². The Bertz CT molecular complexity index is 1220. The van der Waals surface area contributed by atoms with Gasteiger partial charge in [-0.2, -0.15) is 5.10 Å². The van der Waals surface area contributed by atoms with E-state index in [0.717, 1.165) is 5.56 Å². The molecule has 0 aliphatic heterocycles. The standard InChI is InChI=1S/C17H11ClN6O3/c18-15-6-5-11(7-19-15)9-22-10-20-16-12(17(22)25)8-21-23(16)13-3-1-2-4-14(13)24(26)27/h1-8,10H,9H2. The number of hydrogen-bond acceptors (Lipinski definition) is 6. The largest absolute Gasteiger partial charge is 0.294 e. The first-order chi connectivity index (χ1) is 13.0. The van der Waals surface area contributed by atoms with E-state index in [-0.39, 0.29) is 34.5 Å². The van der Waals surface area contributed by atoms with E-state index in [9.17, 15) is 14.9 Å². The Morgan fingerprint density at radius 2 is 1.93 bits per heavy atom. The summed E-state index contributed by atoms with van der Waals surface area (Å²) >= 11 is 5.77. The maximum Gasteiger partial charge on any atom is 0.294 e. The molecule has 0 radical (unpaired) electrons. The molecule has 134 valence electrons. The molecular weight excluding hydrogens is 372 g/mol. The van der Waals surface area contributed by atoms with Gasteiger partial charge < -0.3 is 0 Å². The summed E-state index contributed by atoms with van der Waals surface area (Å²) in [5.41, 5.74) is 0.845. The highest BCUT2D eigenvalue weighted by molar-refractivity contribution is 6.29. The van der Waals surface area contributed by atoms with Crippen LogP contribution >= 0.6 is 11.6 Å². The lowest BCUT2D eigenvalue weighted by molar-refractivity contribution is -0.384. The van der Waals surface area contributed by atoms with E-state index in [4.69, 9.17) is 11.6 Å². The first-order valence-electron chi connectivity index (χ1n) is 7.82. The summed E-state index contributed by atoms with van der Waals surface area (Å²) in [4.78, 5) is 31.8. The zero-order chi connectivity index (χ0) is 19.0. The average molecular weight is 383 g/mol. The van der Waals surface area contributed by atoms with E-state index in [2.05, 4.69) is 15.1 Å². The third-order valence-electron chi connectivity index (χ3n) is 4.00. The summed E-state index contributed by atoms with van der Waals surface area (Å²) in [7, 11) is 0. The van der Waals surface area contributed by atoms with Crippen LogP contribution in [-0.4, -0.2) is 29.2 Å². The zero-order valence-electron chi connectivity index (χ0n) is 13.7. The molecule has 0 fully saturated rings. The van der Waals surface area contributed by atoms with Gasteiger partial charge in [-0.1, -0.05) is 29.8 Å². The summed E-state index contributed by atoms with van der Waals surface area (Å²) in [5.74, 6) is 0. The second kappa shape index (κ2) is 6.61. The monoisotopic (exact) mass is 382 g/mol. The lowest BCUT2D eigenvalue weighted by Gasteiger charge is -2.06. The molecule has 0 N–H and O–H groups in total. The Balaban J connectivity index is 1.80. The minimum absolute atomic E-state index is 0.124. The Hall–Kier alpha value is -3.59. The van der Waals surface area contributed by atoms with Gasteiger partial charge >= 0.3 is 0 Å². The summed E-state index contributed by atoms with van der Waals surface area (Å²) in [6.07, 6.45) is 4.32. The number of hydrogen-bond donors (Lipinski definition) is 0. The molecule has 27 heavy (non-hydrogen) atoms. The number of halogens is 1. The molecule has 0 spiro atoms. The molecule has 0 saturated heterocycles. The minimum atomic E-state index is -0.502. The molecule has 0 aliphatic rings. The molecule has 3 heterocycles. The number of nitro groups is 1. The van der Waals surface area contributed by atoms with Crippen molar-refractivity contribution in [2.45, 2.75) is 6.54 Å². The molecule has 4 aromatic rings. The van der Waals surface area contributed by atoms with Crippen LogP contribution in [0.3, 0.4) is 0 Å². The van der Waals surface area contributed by atoms with Crippen molar-refractivity contribution in [1.29, 1.82) is 0 Å². The van der Waals surface area contributed by atoms with Crippen LogP contribution in [0.2, 0.25) is 5.15 Å². The molecule has 10 heteroatoms. The van der Waals surface area contributed by atoms with Crippen LogP contribution in [0.4, 0.5) is 5.69 Å². The Labute approximate surface area is 156 Å². The number of nitro benzene ring substituents is 1. The highest BCUT2D eigenvalue weighted by Crippen LogP contribution is 2.23. The van der Waals surface area contributed by atoms with Crippen LogP contribution in [-0.2, 0) is 6.54 Å².